The van der Waals surface area contributed by atoms with E-state index in [2.05, 4.69) is 25.6 Å². The van der Waals surface area contributed by atoms with Gasteiger partial charge in [0.2, 0.25) is 11.1 Å². The van der Waals surface area contributed by atoms with Crippen LogP contribution in [-0.4, -0.2) is 36.6 Å². The van der Waals surface area contributed by atoms with Crippen molar-refractivity contribution in [2.45, 2.75) is 43.7 Å². The van der Waals surface area contributed by atoms with Crippen LogP contribution in [-0.2, 0) is 11.8 Å². The number of nitrogens with zero attached hydrogens (tertiary/aromatic N) is 4. The quantitative estimate of drug-likeness (QED) is 0.825. The van der Waals surface area contributed by atoms with Crippen molar-refractivity contribution < 1.29 is 4.79 Å². The van der Waals surface area contributed by atoms with Crippen molar-refractivity contribution in [1.29, 1.82) is 0 Å². The summed E-state index contributed by atoms with van der Waals surface area (Å²) in [6, 6.07) is 1.84. The lowest BCUT2D eigenvalue weighted by atomic mass is 10.1. The van der Waals surface area contributed by atoms with Crippen molar-refractivity contribution >= 4 is 23.5 Å². The summed E-state index contributed by atoms with van der Waals surface area (Å²) in [7, 11) is 1.80. The number of hydrogen-bond donors (Lipinski definition) is 2. The second-order valence-corrected chi connectivity index (χ2v) is 6.56. The number of carbonyl (C=O) groups excluding carboxylic acids is 1. The van der Waals surface area contributed by atoms with Gasteiger partial charge in [-0.1, -0.05) is 24.6 Å². The lowest BCUT2D eigenvalue weighted by Gasteiger charge is -2.03. The third-order valence-corrected chi connectivity index (χ3v) is 4.67. The molecule has 2 heterocycles. The maximum absolute atomic E-state index is 12.0. The average Bonchev–Trinajstić information content (AvgIpc) is 3.19. The fraction of sp³-hybridized carbons (Fsp3) is 0.571. The fourth-order valence-electron chi connectivity index (χ4n) is 2.74. The molecule has 8 heteroatoms. The topological polar surface area (TPSA) is 88.5 Å². The number of thioether (sulfide) groups is 1. The van der Waals surface area contributed by atoms with Gasteiger partial charge in [-0.2, -0.15) is 5.10 Å². The standard InChI is InChI=1S/C14H20N6OS/c1-9-7-11(20(2)19-9)15-12(21)8-22-14-16-13(17-18-14)10-5-3-4-6-10/h7,10H,3-6,8H2,1-2H3,(H,15,21)(H,16,17,18). The van der Waals surface area contributed by atoms with E-state index in [0.717, 1.165) is 11.5 Å². The Morgan fingerprint density at radius 3 is 2.95 bits per heavy atom. The van der Waals surface area contributed by atoms with Gasteiger partial charge >= 0.3 is 0 Å². The molecule has 1 aliphatic rings. The molecule has 0 radical (unpaired) electrons. The molecule has 2 aromatic heterocycles. The molecule has 0 bridgehead atoms. The van der Waals surface area contributed by atoms with Crippen LogP contribution in [0.15, 0.2) is 11.2 Å². The lowest BCUT2D eigenvalue weighted by molar-refractivity contribution is -0.113. The minimum absolute atomic E-state index is 0.0831. The molecular weight excluding hydrogens is 300 g/mol. The highest BCUT2D eigenvalue weighted by molar-refractivity contribution is 7.99. The molecule has 1 saturated carbocycles. The average molecular weight is 320 g/mol. The van der Waals surface area contributed by atoms with Gasteiger partial charge in [-0.15, -0.1) is 5.10 Å². The summed E-state index contributed by atoms with van der Waals surface area (Å²) < 4.78 is 1.66. The SMILES string of the molecule is Cc1cc(NC(=O)CSc2n[nH]c(C3CCCC3)n2)n(C)n1. The zero-order chi connectivity index (χ0) is 15.5. The zero-order valence-corrected chi connectivity index (χ0v) is 13.6. The number of nitrogens with one attached hydrogen (secondary N) is 2. The second-order valence-electron chi connectivity index (χ2n) is 5.62. The number of amides is 1. The number of carbonyl (C=O) groups is 1. The number of aryl methyl sites for hydroxylation is 2. The molecule has 118 valence electrons. The van der Waals surface area contributed by atoms with Gasteiger partial charge in [0.05, 0.1) is 11.4 Å². The summed E-state index contributed by atoms with van der Waals surface area (Å²) in [5, 5.41) is 14.9. The van der Waals surface area contributed by atoms with Gasteiger partial charge < -0.3 is 5.32 Å². The molecule has 7 nitrogen and oxygen atoms in total. The molecule has 22 heavy (non-hydrogen) atoms. The normalized spacial score (nSPS) is 15.4. The molecule has 2 aromatic rings. The van der Waals surface area contributed by atoms with E-state index in [4.69, 9.17) is 0 Å². The van der Waals surface area contributed by atoms with Crippen LogP contribution in [0.25, 0.3) is 0 Å². The Balaban J connectivity index is 1.51. The van der Waals surface area contributed by atoms with Crippen LogP contribution in [0.3, 0.4) is 0 Å². The molecule has 0 saturated heterocycles. The Kier molecular flexibility index (Phi) is 4.47. The number of rotatable bonds is 5. The van der Waals surface area contributed by atoms with Gasteiger partial charge in [-0.05, 0) is 19.8 Å². The monoisotopic (exact) mass is 320 g/mol. The predicted octanol–water partition coefficient (Wildman–Crippen LogP) is 2.24. The lowest BCUT2D eigenvalue weighted by Crippen LogP contribution is -2.16. The first kappa shape index (κ1) is 15.1. The minimum Gasteiger partial charge on any atom is -0.310 e. The second kappa shape index (κ2) is 6.51. The van der Waals surface area contributed by atoms with E-state index in [9.17, 15) is 4.79 Å². The molecule has 0 unspecified atom stereocenters. The molecular formula is C14H20N6OS. The van der Waals surface area contributed by atoms with Gasteiger partial charge in [0.1, 0.15) is 11.6 Å². The number of aromatic nitrogens is 5. The van der Waals surface area contributed by atoms with Crippen molar-refractivity contribution in [1.82, 2.24) is 25.0 Å². The van der Waals surface area contributed by atoms with Crippen molar-refractivity contribution in [3.05, 3.63) is 17.6 Å². The molecule has 3 rings (SSSR count). The molecule has 1 amide bonds. The summed E-state index contributed by atoms with van der Waals surface area (Å²) >= 11 is 1.34. The third-order valence-electron chi connectivity index (χ3n) is 3.83. The van der Waals surface area contributed by atoms with Crippen LogP contribution in [0.5, 0.6) is 0 Å². The largest absolute Gasteiger partial charge is 0.310 e. The third kappa shape index (κ3) is 3.49. The summed E-state index contributed by atoms with van der Waals surface area (Å²) in [6.07, 6.45) is 4.89. The molecule has 0 aliphatic heterocycles. The Bertz CT molecular complexity index is 658. The van der Waals surface area contributed by atoms with Crippen molar-refractivity contribution in [2.75, 3.05) is 11.1 Å². The fourth-order valence-corrected chi connectivity index (χ4v) is 3.35. The van der Waals surface area contributed by atoms with Crippen molar-refractivity contribution in [3.63, 3.8) is 0 Å². The van der Waals surface area contributed by atoms with Gasteiger partial charge in [0, 0.05) is 19.0 Å². The molecule has 0 spiro atoms. The highest BCUT2D eigenvalue weighted by Gasteiger charge is 2.20. The smallest absolute Gasteiger partial charge is 0.235 e. The molecule has 0 atom stereocenters. The number of hydrogen-bond acceptors (Lipinski definition) is 5. The summed E-state index contributed by atoms with van der Waals surface area (Å²) in [4.78, 5) is 16.5. The first-order chi connectivity index (χ1) is 10.6. The number of anilines is 1. The van der Waals surface area contributed by atoms with Crippen LogP contribution in [0.4, 0.5) is 5.82 Å². The van der Waals surface area contributed by atoms with Crippen LogP contribution in [0.2, 0.25) is 0 Å². The Morgan fingerprint density at radius 2 is 2.27 bits per heavy atom. The molecule has 0 aromatic carbocycles. The first-order valence-corrected chi connectivity index (χ1v) is 8.46. The molecule has 1 fully saturated rings. The summed E-state index contributed by atoms with van der Waals surface area (Å²) in [5.74, 6) is 2.37. The van der Waals surface area contributed by atoms with E-state index in [0.29, 0.717) is 16.9 Å². The van der Waals surface area contributed by atoms with Crippen LogP contribution < -0.4 is 5.32 Å². The van der Waals surface area contributed by atoms with Crippen molar-refractivity contribution in [3.8, 4) is 0 Å². The highest BCUT2D eigenvalue weighted by atomic mass is 32.2. The Labute approximate surface area is 133 Å². The predicted molar refractivity (Wildman–Crippen MR) is 84.9 cm³/mol. The van der Waals surface area contributed by atoms with Crippen molar-refractivity contribution in [2.24, 2.45) is 7.05 Å². The highest BCUT2D eigenvalue weighted by Crippen LogP contribution is 2.32. The van der Waals surface area contributed by atoms with Gasteiger partial charge in [0.25, 0.3) is 0 Å². The Morgan fingerprint density at radius 1 is 1.50 bits per heavy atom. The van der Waals surface area contributed by atoms with E-state index in [1.807, 2.05) is 13.0 Å². The van der Waals surface area contributed by atoms with E-state index in [-0.39, 0.29) is 11.7 Å². The zero-order valence-electron chi connectivity index (χ0n) is 12.8. The van der Waals surface area contributed by atoms with E-state index in [1.54, 1.807) is 11.7 Å². The minimum atomic E-state index is -0.0831. The first-order valence-electron chi connectivity index (χ1n) is 7.47. The maximum atomic E-state index is 12.0. The van der Waals surface area contributed by atoms with Gasteiger partial charge in [-0.3, -0.25) is 14.6 Å². The van der Waals surface area contributed by atoms with E-state index in [1.165, 1.54) is 37.4 Å². The van der Waals surface area contributed by atoms with Crippen LogP contribution in [0.1, 0.15) is 43.1 Å². The van der Waals surface area contributed by atoms with Gasteiger partial charge in [-0.25, -0.2) is 4.98 Å². The maximum Gasteiger partial charge on any atom is 0.235 e. The van der Waals surface area contributed by atoms with Gasteiger partial charge in [0.15, 0.2) is 0 Å². The van der Waals surface area contributed by atoms with Crippen LogP contribution in [0, 0.1) is 6.92 Å². The van der Waals surface area contributed by atoms with E-state index >= 15 is 0 Å². The molecule has 1 aliphatic carbocycles. The molecule has 2 N–H and O–H groups in total. The summed E-state index contributed by atoms with van der Waals surface area (Å²) in [5.41, 5.74) is 0.876. The number of aromatic amines is 1. The Hall–Kier alpha value is -1.83. The number of H-pyrrole nitrogens is 1. The van der Waals surface area contributed by atoms with E-state index < -0.39 is 0 Å². The van der Waals surface area contributed by atoms with Crippen LogP contribution >= 0.6 is 11.8 Å². The summed E-state index contributed by atoms with van der Waals surface area (Å²) in [6.45, 7) is 1.89.